The second-order valence-corrected chi connectivity index (χ2v) is 38.2. The second kappa shape index (κ2) is 23.3. The van der Waals surface area contributed by atoms with Crippen LogP contribution in [0, 0.1) is 10.8 Å². The lowest BCUT2D eigenvalue weighted by molar-refractivity contribution is 0.335. The first kappa shape index (κ1) is 72.6. The third-order valence-corrected chi connectivity index (χ3v) is 19.9. The molecule has 0 aliphatic heterocycles. The third kappa shape index (κ3) is 14.9. The van der Waals surface area contributed by atoms with Crippen LogP contribution in [0.1, 0.15) is 312 Å². The van der Waals surface area contributed by atoms with Crippen molar-refractivity contribution < 1.29 is 25.5 Å². The van der Waals surface area contributed by atoms with Crippen molar-refractivity contribution >= 4 is 0 Å². The number of phenolic OH excluding ortho intramolecular Hbond substituents is 5. The summed E-state index contributed by atoms with van der Waals surface area (Å²) in [6, 6.07) is 22.9. The van der Waals surface area contributed by atoms with Gasteiger partial charge in [-0.25, -0.2) is 0 Å². The van der Waals surface area contributed by atoms with Gasteiger partial charge in [-0.3, -0.25) is 0 Å². The van der Waals surface area contributed by atoms with E-state index in [4.69, 9.17) is 0 Å². The molecule has 1 aliphatic rings. The summed E-state index contributed by atoms with van der Waals surface area (Å²) in [4.78, 5) is 0. The van der Waals surface area contributed by atoms with Crippen molar-refractivity contribution in [2.24, 2.45) is 10.8 Å². The van der Waals surface area contributed by atoms with Crippen molar-refractivity contribution in [3.63, 3.8) is 0 Å². The quantitative estimate of drug-likeness (QED) is 0.0897. The first-order chi connectivity index (χ1) is 39.7. The largest absolute Gasteiger partial charge is 0.507 e. The van der Waals surface area contributed by atoms with Crippen LogP contribution >= 0.6 is 0 Å². The zero-order valence-corrected chi connectivity index (χ0v) is 62.5. The number of hydrogen-bond donors (Lipinski definition) is 5. The number of benzene rings is 5. The van der Waals surface area contributed by atoms with Crippen molar-refractivity contribution in [2.75, 3.05) is 0 Å². The smallest absolute Gasteiger partial charge is 0.123 e. The van der Waals surface area contributed by atoms with Crippen LogP contribution in [0.2, 0.25) is 0 Å². The third-order valence-electron chi connectivity index (χ3n) is 19.9. The fourth-order valence-electron chi connectivity index (χ4n) is 14.5. The number of hydrogen-bond acceptors (Lipinski definition) is 5. The summed E-state index contributed by atoms with van der Waals surface area (Å²) in [6.45, 7) is 73.4. The van der Waals surface area contributed by atoms with Gasteiger partial charge in [-0.2, -0.15) is 0 Å². The summed E-state index contributed by atoms with van der Waals surface area (Å²) in [6.07, 6.45) is 3.04. The molecule has 0 saturated carbocycles. The van der Waals surface area contributed by atoms with E-state index in [2.05, 4.69) is 289 Å². The maximum absolute atomic E-state index is 12.5. The minimum atomic E-state index is -0.706. The van der Waals surface area contributed by atoms with Gasteiger partial charge in [-0.1, -0.05) is 298 Å². The highest BCUT2D eigenvalue weighted by Crippen LogP contribution is 2.60. The van der Waals surface area contributed by atoms with Crippen LogP contribution in [0.25, 0.3) is 0 Å². The van der Waals surface area contributed by atoms with E-state index >= 15 is 0 Å². The Balaban J connectivity index is 2.01. The molecule has 0 heterocycles. The topological polar surface area (TPSA) is 101 Å². The van der Waals surface area contributed by atoms with Gasteiger partial charge in [0.1, 0.15) is 28.7 Å². The molecule has 89 heavy (non-hydrogen) atoms. The molecule has 0 atom stereocenters. The molecule has 5 aromatic rings. The maximum atomic E-state index is 12.5. The normalized spacial score (nSPS) is 16.0. The van der Waals surface area contributed by atoms with Crippen LogP contribution < -0.4 is 0 Å². The van der Waals surface area contributed by atoms with Crippen molar-refractivity contribution in [3.05, 3.63) is 166 Å². The van der Waals surface area contributed by atoms with Gasteiger partial charge in [-0.05, 0) is 184 Å². The van der Waals surface area contributed by atoms with E-state index in [1.807, 2.05) is 0 Å². The second-order valence-electron chi connectivity index (χ2n) is 38.2. The first-order valence-corrected chi connectivity index (χ1v) is 33.4. The highest BCUT2D eigenvalue weighted by molar-refractivity contribution is 5.61. The van der Waals surface area contributed by atoms with Crippen molar-refractivity contribution in [1.82, 2.24) is 0 Å². The molecule has 5 aromatic carbocycles. The van der Waals surface area contributed by atoms with Gasteiger partial charge < -0.3 is 25.5 Å². The van der Waals surface area contributed by atoms with Crippen LogP contribution in [-0.4, -0.2) is 25.5 Å². The van der Waals surface area contributed by atoms with Crippen LogP contribution in [0.4, 0.5) is 0 Å². The predicted octanol–water partition coefficient (Wildman–Crippen LogP) is 22.3. The highest BCUT2D eigenvalue weighted by Gasteiger charge is 2.50. The molecule has 0 saturated heterocycles. The lowest BCUT2D eigenvalue weighted by Gasteiger charge is -2.51. The molecule has 6 rings (SSSR count). The monoisotopic (exact) mass is 1210 g/mol. The van der Waals surface area contributed by atoms with Gasteiger partial charge in [0.05, 0.1) is 0 Å². The zero-order valence-electron chi connectivity index (χ0n) is 62.5. The van der Waals surface area contributed by atoms with E-state index in [-0.39, 0.29) is 54.1 Å². The maximum Gasteiger partial charge on any atom is 0.123 e. The Kier molecular flexibility index (Phi) is 19.0. The molecular weight excluding hydrogens is 1090 g/mol. The summed E-state index contributed by atoms with van der Waals surface area (Å²) < 4.78 is 0. The van der Waals surface area contributed by atoms with E-state index in [0.717, 1.165) is 83.5 Å². The van der Waals surface area contributed by atoms with Gasteiger partial charge >= 0.3 is 0 Å². The van der Waals surface area contributed by atoms with Gasteiger partial charge in [-0.15, -0.1) is 0 Å². The summed E-state index contributed by atoms with van der Waals surface area (Å²) in [7, 11) is 0. The summed E-state index contributed by atoms with van der Waals surface area (Å²) >= 11 is 0. The Morgan fingerprint density at radius 3 is 0.551 bits per heavy atom. The molecular formula is C84H124O5. The van der Waals surface area contributed by atoms with Crippen LogP contribution in [0.5, 0.6) is 28.7 Å². The Morgan fingerprint density at radius 2 is 0.393 bits per heavy atom. The van der Waals surface area contributed by atoms with E-state index < -0.39 is 10.8 Å². The Bertz CT molecular complexity index is 3200. The molecule has 0 fully saturated rings. The average Bonchev–Trinajstić information content (AvgIpc) is 2.51. The number of rotatable bonds is 10. The Morgan fingerprint density at radius 1 is 0.247 bits per heavy atom. The van der Waals surface area contributed by atoms with Gasteiger partial charge in [0.15, 0.2) is 0 Å². The number of allylic oxidation sites excluding steroid dienone is 4. The van der Waals surface area contributed by atoms with Crippen molar-refractivity contribution in [3.8, 4) is 28.7 Å². The van der Waals surface area contributed by atoms with Gasteiger partial charge in [0.2, 0.25) is 0 Å². The minimum Gasteiger partial charge on any atom is -0.507 e. The predicted molar refractivity (Wildman–Crippen MR) is 382 cm³/mol. The average molecular weight is 1210 g/mol. The fourth-order valence-corrected chi connectivity index (χ4v) is 14.5. The first-order valence-electron chi connectivity index (χ1n) is 33.4. The summed E-state index contributed by atoms with van der Waals surface area (Å²) in [5.41, 5.74) is 15.1. The van der Waals surface area contributed by atoms with Crippen LogP contribution in [0.3, 0.4) is 0 Å². The van der Waals surface area contributed by atoms with Crippen molar-refractivity contribution in [1.29, 1.82) is 0 Å². The molecule has 5 heteroatoms. The number of aromatic hydroxyl groups is 5. The van der Waals surface area contributed by atoms with Crippen LogP contribution in [0.15, 0.2) is 83.0 Å². The molecule has 0 aromatic heterocycles. The highest BCUT2D eigenvalue weighted by atomic mass is 16.3. The molecule has 0 bridgehead atoms. The van der Waals surface area contributed by atoms with Crippen LogP contribution in [-0.2, 0) is 86.3 Å². The van der Waals surface area contributed by atoms with E-state index in [0.29, 0.717) is 60.9 Å². The Hall–Kier alpha value is -5.42. The molecule has 0 radical (unpaired) electrons. The minimum absolute atomic E-state index is 0.356. The SMILES string of the molecule is CC1=C(Cc2cc(C(C)(C)C)c(O)c(C(C)(C)C)c2)C(C)(Cc2cc(C(C)(C)C)c(O)c(C(C)(C)C)c2)C(Cc2cc(C(C)(C)C)c(O)c(C(C)(C)C)c2)=C(C)C1(Cc1cc(C(C)(C)C)c(O)c(C(C)(C)C)c1)Cc1cc(C(C)(C)C)c(O)c(C(C)(C)C)c1. The lowest BCUT2D eigenvalue weighted by Crippen LogP contribution is -2.43. The Labute approximate surface area is 543 Å². The molecule has 0 unspecified atom stereocenters. The molecule has 0 spiro atoms. The van der Waals surface area contributed by atoms with Gasteiger partial charge in [0, 0.05) is 10.8 Å². The van der Waals surface area contributed by atoms with Crippen molar-refractivity contribution in [2.45, 2.75) is 315 Å². The summed E-state index contributed by atoms with van der Waals surface area (Å²) in [5, 5.41) is 62.2. The van der Waals surface area contributed by atoms with E-state index in [9.17, 15) is 25.5 Å². The van der Waals surface area contributed by atoms with Gasteiger partial charge in [0.25, 0.3) is 0 Å². The fraction of sp³-hybridized carbons (Fsp3) is 0.595. The standard InChI is InChI=1S/C84H124O5/c1-49-56(34-51-36-58(73(3,4)5)68(85)59(37-51)74(6,7)8)83(33,46-53-40-62(77(15,16)17)70(87)63(41-53)78(18,19)20)57(35-52-38-60(75(9,10)11)69(86)61(39-52)76(12,13)14)50(2)84(49,47-54-42-64(79(21,22)23)71(88)65(43-54)80(24,25)26)48-55-44-66(81(27,28)29)72(89)67(45-55)82(30,31)32/h36-45,85-89H,34-35,46-48H2,1-33H3. The molecule has 0 amide bonds. The molecule has 1 aliphatic carbocycles. The molecule has 490 valence electrons. The zero-order chi connectivity index (χ0) is 68.5. The summed E-state index contributed by atoms with van der Waals surface area (Å²) in [5.74, 6) is 1.79. The molecule has 5 N–H and O–H groups in total. The molecule has 5 nitrogen and oxygen atoms in total. The van der Waals surface area contributed by atoms with E-state index in [1.54, 1.807) is 0 Å². The number of phenols is 5. The van der Waals surface area contributed by atoms with E-state index in [1.165, 1.54) is 22.3 Å². The lowest BCUT2D eigenvalue weighted by atomic mass is 9.52.